The lowest BCUT2D eigenvalue weighted by Gasteiger charge is -2.06. The van der Waals surface area contributed by atoms with Crippen LogP contribution < -0.4 is 0 Å². The van der Waals surface area contributed by atoms with Gasteiger partial charge in [-0.2, -0.15) is 0 Å². The van der Waals surface area contributed by atoms with E-state index in [0.29, 0.717) is 6.08 Å². The zero-order valence-electron chi connectivity index (χ0n) is 7.31. The molecule has 0 aromatic rings. The summed E-state index contributed by atoms with van der Waals surface area (Å²) >= 11 is 0. The first-order valence-corrected chi connectivity index (χ1v) is 3.55. The Bertz CT molecular complexity index is 253. The molecule has 0 spiro atoms. The first kappa shape index (κ1) is 11.4. The summed E-state index contributed by atoms with van der Waals surface area (Å²) < 4.78 is 4.52. The molecular weight excluding hydrogens is 176 g/mol. The highest BCUT2D eigenvalue weighted by atomic mass is 16.5. The molecule has 0 fully saturated rings. The van der Waals surface area contributed by atoms with Crippen LogP contribution in [0.3, 0.4) is 0 Å². The van der Waals surface area contributed by atoms with Gasteiger partial charge in [0.1, 0.15) is 0 Å². The molecule has 0 rings (SSSR count). The first-order chi connectivity index (χ1) is 5.93. The number of aliphatic carboxylic acids is 1. The third-order valence-corrected chi connectivity index (χ3v) is 1.23. The predicted octanol–water partition coefficient (Wildman–Crippen LogP) is 0.148. The molecule has 13 heavy (non-hydrogen) atoms. The van der Waals surface area contributed by atoms with Crippen LogP contribution in [0.4, 0.5) is 0 Å². The maximum Gasteiger partial charge on any atom is 0.331 e. The lowest BCUT2D eigenvalue weighted by molar-refractivity contribution is -0.148. The highest BCUT2D eigenvalue weighted by Crippen LogP contribution is 1.93. The maximum atomic E-state index is 10.7. The predicted molar refractivity (Wildman–Crippen MR) is 43.0 cm³/mol. The maximum absolute atomic E-state index is 10.7. The van der Waals surface area contributed by atoms with Gasteiger partial charge in [0, 0.05) is 12.2 Å². The van der Waals surface area contributed by atoms with Gasteiger partial charge in [0.05, 0.1) is 0 Å². The minimum Gasteiger partial charge on any atom is -0.478 e. The number of ketones is 1. The SMILES string of the molecule is CC(=O)[C@H](C)OC(=O)/C=C/C(=O)O. The van der Waals surface area contributed by atoms with E-state index >= 15 is 0 Å². The summed E-state index contributed by atoms with van der Waals surface area (Å²) in [5.74, 6) is -2.38. The van der Waals surface area contributed by atoms with Gasteiger partial charge in [-0.15, -0.1) is 0 Å². The fraction of sp³-hybridized carbons (Fsp3) is 0.375. The highest BCUT2D eigenvalue weighted by molar-refractivity contribution is 5.92. The summed E-state index contributed by atoms with van der Waals surface area (Å²) in [5.41, 5.74) is 0. The minimum absolute atomic E-state index is 0.294. The third-order valence-electron chi connectivity index (χ3n) is 1.23. The fourth-order valence-corrected chi connectivity index (χ4v) is 0.436. The molecule has 5 nitrogen and oxygen atoms in total. The normalized spacial score (nSPS) is 12.5. The molecule has 0 amide bonds. The van der Waals surface area contributed by atoms with Gasteiger partial charge < -0.3 is 9.84 Å². The number of carbonyl (C=O) groups excluding carboxylic acids is 2. The summed E-state index contributed by atoms with van der Waals surface area (Å²) in [5, 5.41) is 8.14. The van der Waals surface area contributed by atoms with Gasteiger partial charge in [-0.3, -0.25) is 4.79 Å². The monoisotopic (exact) mass is 186 g/mol. The molecule has 0 bridgehead atoms. The van der Waals surface area contributed by atoms with Gasteiger partial charge >= 0.3 is 11.9 Å². The zero-order valence-corrected chi connectivity index (χ0v) is 7.31. The Morgan fingerprint density at radius 1 is 1.31 bits per heavy atom. The number of carboxylic acids is 1. The van der Waals surface area contributed by atoms with Crippen LogP contribution >= 0.6 is 0 Å². The standard InChI is InChI=1S/C8H10O5/c1-5(9)6(2)13-8(12)4-3-7(10)11/h3-4,6H,1-2H3,(H,10,11)/b4-3+/t6-/m0/s1. The van der Waals surface area contributed by atoms with Gasteiger partial charge in [-0.1, -0.05) is 0 Å². The summed E-state index contributed by atoms with van der Waals surface area (Å²) in [6, 6.07) is 0. The van der Waals surface area contributed by atoms with Gasteiger partial charge in [-0.05, 0) is 13.8 Å². The molecule has 0 saturated carbocycles. The van der Waals surface area contributed by atoms with E-state index in [1.807, 2.05) is 0 Å². The van der Waals surface area contributed by atoms with Gasteiger partial charge in [-0.25, -0.2) is 9.59 Å². The van der Waals surface area contributed by atoms with E-state index in [0.717, 1.165) is 6.08 Å². The Morgan fingerprint density at radius 2 is 1.85 bits per heavy atom. The minimum atomic E-state index is -1.24. The molecule has 0 aliphatic rings. The average molecular weight is 186 g/mol. The number of hydrogen-bond donors (Lipinski definition) is 1. The van der Waals surface area contributed by atoms with Crippen molar-refractivity contribution >= 4 is 17.7 Å². The Balaban J connectivity index is 4.02. The molecule has 0 unspecified atom stereocenters. The molecule has 5 heteroatoms. The fourth-order valence-electron chi connectivity index (χ4n) is 0.436. The van der Waals surface area contributed by atoms with E-state index in [-0.39, 0.29) is 5.78 Å². The molecule has 0 aromatic carbocycles. The van der Waals surface area contributed by atoms with Crippen molar-refractivity contribution in [2.24, 2.45) is 0 Å². The highest BCUT2D eigenvalue weighted by Gasteiger charge is 2.11. The van der Waals surface area contributed by atoms with Gasteiger partial charge in [0.2, 0.25) is 0 Å². The van der Waals surface area contributed by atoms with E-state index in [9.17, 15) is 14.4 Å². The number of rotatable bonds is 4. The van der Waals surface area contributed by atoms with E-state index in [4.69, 9.17) is 5.11 Å². The molecule has 0 aliphatic heterocycles. The number of carboxylic acid groups (broad SMARTS) is 1. The van der Waals surface area contributed by atoms with Crippen molar-refractivity contribution < 1.29 is 24.2 Å². The van der Waals surface area contributed by atoms with Crippen LogP contribution in [0.15, 0.2) is 12.2 Å². The number of ether oxygens (including phenoxy) is 1. The summed E-state index contributed by atoms with van der Waals surface area (Å²) in [6.07, 6.45) is 0.558. The molecule has 0 aliphatic carbocycles. The van der Waals surface area contributed by atoms with Gasteiger partial charge in [0.25, 0.3) is 0 Å². The van der Waals surface area contributed by atoms with Crippen LogP contribution in [0.25, 0.3) is 0 Å². The topological polar surface area (TPSA) is 80.7 Å². The van der Waals surface area contributed by atoms with Crippen molar-refractivity contribution in [1.82, 2.24) is 0 Å². The third kappa shape index (κ3) is 5.60. The van der Waals surface area contributed by atoms with Crippen molar-refractivity contribution in [3.63, 3.8) is 0 Å². The Kier molecular flexibility index (Phi) is 4.43. The second-order valence-electron chi connectivity index (χ2n) is 2.36. The van der Waals surface area contributed by atoms with E-state index in [1.165, 1.54) is 13.8 Å². The van der Waals surface area contributed by atoms with Crippen LogP contribution in [-0.4, -0.2) is 28.9 Å². The second kappa shape index (κ2) is 5.08. The Labute approximate surface area is 75.0 Å². The van der Waals surface area contributed by atoms with Gasteiger partial charge in [0.15, 0.2) is 11.9 Å². The second-order valence-corrected chi connectivity index (χ2v) is 2.36. The molecular formula is C8H10O5. The number of carbonyl (C=O) groups is 3. The summed E-state index contributed by atoms with van der Waals surface area (Å²) in [4.78, 5) is 31.3. The summed E-state index contributed by atoms with van der Waals surface area (Å²) in [6.45, 7) is 2.69. The van der Waals surface area contributed by atoms with Crippen LogP contribution in [-0.2, 0) is 19.1 Å². The van der Waals surface area contributed by atoms with Crippen LogP contribution in [0.1, 0.15) is 13.8 Å². The van der Waals surface area contributed by atoms with Crippen molar-refractivity contribution in [3.05, 3.63) is 12.2 Å². The molecule has 0 radical (unpaired) electrons. The van der Waals surface area contributed by atoms with Crippen LogP contribution in [0.5, 0.6) is 0 Å². The zero-order chi connectivity index (χ0) is 10.4. The molecule has 0 aromatic heterocycles. The van der Waals surface area contributed by atoms with Crippen LogP contribution in [0.2, 0.25) is 0 Å². The number of Topliss-reactive ketones (excluding diaryl/α,β-unsaturated/α-hetero) is 1. The Hall–Kier alpha value is -1.65. The number of esters is 1. The van der Waals surface area contributed by atoms with E-state index in [1.54, 1.807) is 0 Å². The molecule has 1 N–H and O–H groups in total. The summed E-state index contributed by atoms with van der Waals surface area (Å²) in [7, 11) is 0. The van der Waals surface area contributed by atoms with Crippen molar-refractivity contribution in [2.75, 3.05) is 0 Å². The van der Waals surface area contributed by atoms with Crippen molar-refractivity contribution in [1.29, 1.82) is 0 Å². The molecule has 1 atom stereocenters. The molecule has 0 saturated heterocycles. The molecule has 0 heterocycles. The van der Waals surface area contributed by atoms with Crippen LogP contribution in [0, 0.1) is 0 Å². The van der Waals surface area contributed by atoms with Crippen molar-refractivity contribution in [2.45, 2.75) is 20.0 Å². The van der Waals surface area contributed by atoms with E-state index in [2.05, 4.69) is 4.74 Å². The largest absolute Gasteiger partial charge is 0.478 e. The lowest BCUT2D eigenvalue weighted by atomic mass is 10.3. The number of hydrogen-bond acceptors (Lipinski definition) is 4. The average Bonchev–Trinajstić information content (AvgIpc) is 2.00. The smallest absolute Gasteiger partial charge is 0.331 e. The lowest BCUT2D eigenvalue weighted by Crippen LogP contribution is -2.20. The quantitative estimate of drug-likeness (QED) is 0.499. The van der Waals surface area contributed by atoms with E-state index < -0.39 is 18.0 Å². The molecule has 72 valence electrons. The Morgan fingerprint density at radius 3 is 2.23 bits per heavy atom. The van der Waals surface area contributed by atoms with Crippen molar-refractivity contribution in [3.8, 4) is 0 Å². The first-order valence-electron chi connectivity index (χ1n) is 3.55.